The van der Waals surface area contributed by atoms with Gasteiger partial charge in [0.05, 0.1) is 28.8 Å². The van der Waals surface area contributed by atoms with Crippen molar-refractivity contribution in [2.24, 2.45) is 5.41 Å². The Kier molecular flexibility index (Phi) is 6.30. The smallest absolute Gasteiger partial charge is 0.356 e. The summed E-state index contributed by atoms with van der Waals surface area (Å²) in [4.78, 5) is 18.1. The predicted octanol–water partition coefficient (Wildman–Crippen LogP) is 6.55. The van der Waals surface area contributed by atoms with E-state index in [1.54, 1.807) is 6.20 Å². The number of nitrogens with zero attached hydrogens (tertiary/aromatic N) is 4. The Labute approximate surface area is 237 Å². The molecule has 0 spiro atoms. The van der Waals surface area contributed by atoms with Crippen molar-refractivity contribution in [1.29, 1.82) is 0 Å². The van der Waals surface area contributed by atoms with Gasteiger partial charge in [0.1, 0.15) is 17.3 Å². The number of imidazole rings is 1. The van der Waals surface area contributed by atoms with Gasteiger partial charge >= 0.3 is 5.97 Å². The Morgan fingerprint density at radius 1 is 1.10 bits per heavy atom. The van der Waals surface area contributed by atoms with Gasteiger partial charge in [-0.25, -0.2) is 9.78 Å². The lowest BCUT2D eigenvalue weighted by Crippen LogP contribution is -2.52. The largest absolute Gasteiger partial charge is 0.476 e. The van der Waals surface area contributed by atoms with Crippen LogP contribution in [0.25, 0.3) is 11.3 Å². The van der Waals surface area contributed by atoms with E-state index in [0.717, 1.165) is 93.7 Å². The molecule has 4 saturated carbocycles. The van der Waals surface area contributed by atoms with E-state index in [1.165, 1.54) is 0 Å². The van der Waals surface area contributed by atoms with Crippen molar-refractivity contribution in [3.8, 4) is 11.3 Å². The van der Waals surface area contributed by atoms with E-state index in [9.17, 15) is 9.90 Å². The molecule has 0 unspecified atom stereocenters. The zero-order valence-electron chi connectivity index (χ0n) is 21.8. The average Bonchev–Trinajstić information content (AvgIpc) is 3.54. The van der Waals surface area contributed by atoms with Gasteiger partial charge in [0.15, 0.2) is 5.69 Å². The highest BCUT2D eigenvalue weighted by Crippen LogP contribution is 2.55. The van der Waals surface area contributed by atoms with Gasteiger partial charge in [0.25, 0.3) is 0 Å². The zero-order chi connectivity index (χ0) is 26.8. The molecule has 2 bridgehead atoms. The number of benzene rings is 1. The molecule has 206 valence electrons. The maximum atomic E-state index is 11.3. The lowest BCUT2D eigenvalue weighted by atomic mass is 9.58. The summed E-state index contributed by atoms with van der Waals surface area (Å²) in [5, 5.41) is 14.9. The molecule has 3 aromatic rings. The lowest BCUT2D eigenvalue weighted by Gasteiger charge is -2.54. The van der Waals surface area contributed by atoms with Crippen molar-refractivity contribution in [3.05, 3.63) is 57.3 Å². The van der Waals surface area contributed by atoms with E-state index < -0.39 is 5.97 Å². The van der Waals surface area contributed by atoms with Gasteiger partial charge < -0.3 is 18.9 Å². The fourth-order valence-corrected chi connectivity index (χ4v) is 7.55. The molecule has 5 aliphatic rings. The van der Waals surface area contributed by atoms with Crippen LogP contribution in [-0.4, -0.2) is 49.4 Å². The third-order valence-electron chi connectivity index (χ3n) is 9.48. The summed E-state index contributed by atoms with van der Waals surface area (Å²) in [5.74, 6) is 1.22. The first kappa shape index (κ1) is 25.6. The number of carboxylic acids is 1. The molecule has 0 amide bonds. The topological polar surface area (TPSA) is 93.6 Å². The Hall–Kier alpha value is -2.39. The van der Waals surface area contributed by atoms with E-state index in [4.69, 9.17) is 32.5 Å². The number of rotatable bonds is 8. The molecule has 4 fully saturated rings. The fraction of sp³-hybridized carbons (Fsp3) is 0.552. The minimum Gasteiger partial charge on any atom is -0.476 e. The second kappa shape index (κ2) is 9.61. The number of fused-ring (bicyclic) bond motifs is 4. The van der Waals surface area contributed by atoms with E-state index in [-0.39, 0.29) is 11.3 Å². The first-order valence-electron chi connectivity index (χ1n) is 13.9. The van der Waals surface area contributed by atoms with Gasteiger partial charge in [0.2, 0.25) is 0 Å². The van der Waals surface area contributed by atoms with Crippen LogP contribution in [-0.2, 0) is 24.4 Å². The van der Waals surface area contributed by atoms with Crippen molar-refractivity contribution in [2.75, 3.05) is 13.1 Å². The van der Waals surface area contributed by atoms with Crippen LogP contribution in [0.5, 0.6) is 0 Å². The molecule has 0 atom stereocenters. The molecular formula is C29H32Cl2N4O4. The van der Waals surface area contributed by atoms with Crippen molar-refractivity contribution >= 4 is 29.2 Å². The SMILES string of the molecule is O=C(O)c1cn2c(n1)CN(CC13CCC(OCc4c(-c5c(Cl)cccc5Cl)noc4C4CC4)(CC1)CC3)CC2. The Balaban J connectivity index is 1.03. The molecule has 10 heteroatoms. The van der Waals surface area contributed by atoms with Gasteiger partial charge in [0, 0.05) is 42.9 Å². The molecule has 8 nitrogen and oxygen atoms in total. The Morgan fingerprint density at radius 3 is 2.49 bits per heavy atom. The standard InChI is InChI=1S/C29H32Cl2N4O4/c30-20-2-1-3-21(31)24(20)25-19(26(39-33-25)18-4-5-18)16-38-29-9-6-28(7-10-29,8-11-29)17-34-12-13-35-14-22(27(36)37)32-23(35)15-34/h1-3,14,18H,4-13,15-17H2,(H,36,37). The van der Waals surface area contributed by atoms with Crippen LogP contribution in [0, 0.1) is 5.41 Å². The third kappa shape index (κ3) is 4.69. The number of hydrogen-bond donors (Lipinski definition) is 1. The summed E-state index contributed by atoms with van der Waals surface area (Å²) in [7, 11) is 0. The molecule has 1 N–H and O–H groups in total. The summed E-state index contributed by atoms with van der Waals surface area (Å²) < 4.78 is 14.6. The quantitative estimate of drug-likeness (QED) is 0.328. The van der Waals surface area contributed by atoms with Crippen molar-refractivity contribution in [2.45, 2.75) is 82.6 Å². The van der Waals surface area contributed by atoms with E-state index >= 15 is 0 Å². The van der Waals surface area contributed by atoms with Gasteiger partial charge in [-0.2, -0.15) is 0 Å². The summed E-state index contributed by atoms with van der Waals surface area (Å²) >= 11 is 13.1. The number of ether oxygens (including phenoxy) is 1. The number of aromatic nitrogens is 3. The van der Waals surface area contributed by atoms with E-state index in [1.807, 2.05) is 22.8 Å². The minimum absolute atomic E-state index is 0.115. The molecule has 39 heavy (non-hydrogen) atoms. The third-order valence-corrected chi connectivity index (χ3v) is 10.1. The molecule has 3 heterocycles. The van der Waals surface area contributed by atoms with Crippen LogP contribution in [0.15, 0.2) is 28.9 Å². The van der Waals surface area contributed by atoms with Gasteiger partial charge in [-0.1, -0.05) is 34.4 Å². The molecule has 1 aliphatic heterocycles. The molecule has 1 aromatic carbocycles. The lowest BCUT2D eigenvalue weighted by molar-refractivity contribution is -0.149. The van der Waals surface area contributed by atoms with Crippen LogP contribution in [0.1, 0.15) is 84.9 Å². The monoisotopic (exact) mass is 570 g/mol. The second-order valence-corrected chi connectivity index (χ2v) is 12.8. The molecule has 0 radical (unpaired) electrons. The summed E-state index contributed by atoms with van der Waals surface area (Å²) in [5.41, 5.74) is 2.74. The normalized spacial score (nSPS) is 26.6. The van der Waals surface area contributed by atoms with Crippen LogP contribution >= 0.6 is 23.2 Å². The summed E-state index contributed by atoms with van der Waals surface area (Å²) in [6.07, 6.45) is 10.4. The van der Waals surface area contributed by atoms with Gasteiger partial charge in [-0.05, 0) is 68.9 Å². The highest BCUT2D eigenvalue weighted by atomic mass is 35.5. The van der Waals surface area contributed by atoms with Crippen LogP contribution in [0.2, 0.25) is 10.0 Å². The van der Waals surface area contributed by atoms with Crippen molar-refractivity contribution in [3.63, 3.8) is 0 Å². The maximum Gasteiger partial charge on any atom is 0.356 e. The number of carbonyl (C=O) groups is 1. The highest BCUT2D eigenvalue weighted by Gasteiger charge is 2.50. The Bertz CT molecular complexity index is 1380. The second-order valence-electron chi connectivity index (χ2n) is 12.0. The van der Waals surface area contributed by atoms with Gasteiger partial charge in [-0.3, -0.25) is 4.90 Å². The number of halogens is 2. The molecule has 8 rings (SSSR count). The molecule has 2 aromatic heterocycles. The highest BCUT2D eigenvalue weighted by molar-refractivity contribution is 6.39. The average molecular weight is 572 g/mol. The first-order valence-corrected chi connectivity index (χ1v) is 14.7. The van der Waals surface area contributed by atoms with Crippen molar-refractivity contribution < 1.29 is 19.2 Å². The van der Waals surface area contributed by atoms with Crippen LogP contribution in [0.3, 0.4) is 0 Å². The molecule has 4 aliphatic carbocycles. The first-order chi connectivity index (χ1) is 18.8. The van der Waals surface area contributed by atoms with E-state index in [0.29, 0.717) is 40.2 Å². The summed E-state index contributed by atoms with van der Waals surface area (Å²) in [6.45, 7) is 3.92. The van der Waals surface area contributed by atoms with Crippen LogP contribution in [0.4, 0.5) is 0 Å². The molecule has 0 saturated heterocycles. The number of carboxylic acid groups (broad SMARTS) is 1. The number of hydrogen-bond acceptors (Lipinski definition) is 6. The van der Waals surface area contributed by atoms with Crippen molar-refractivity contribution in [1.82, 2.24) is 19.6 Å². The maximum absolute atomic E-state index is 11.3. The Morgan fingerprint density at radius 2 is 1.82 bits per heavy atom. The van der Waals surface area contributed by atoms with Crippen LogP contribution < -0.4 is 0 Å². The van der Waals surface area contributed by atoms with Gasteiger partial charge in [-0.15, -0.1) is 0 Å². The van der Waals surface area contributed by atoms with E-state index in [2.05, 4.69) is 15.0 Å². The number of aromatic carboxylic acids is 1. The predicted molar refractivity (Wildman–Crippen MR) is 146 cm³/mol. The minimum atomic E-state index is -0.963. The fourth-order valence-electron chi connectivity index (χ4n) is 6.97. The summed E-state index contributed by atoms with van der Waals surface area (Å²) in [6, 6.07) is 5.51. The zero-order valence-corrected chi connectivity index (χ0v) is 23.3. The molecular weight excluding hydrogens is 539 g/mol.